The Morgan fingerprint density at radius 1 is 1.29 bits per heavy atom. The number of alkyl halides is 2. The normalized spacial score (nSPS) is 11.7. The Bertz CT molecular complexity index is 865. The van der Waals surface area contributed by atoms with Gasteiger partial charge in [-0.3, -0.25) is 4.57 Å². The third-order valence-electron chi connectivity index (χ3n) is 3.02. The van der Waals surface area contributed by atoms with Crippen molar-refractivity contribution in [1.29, 1.82) is 0 Å². The molecule has 0 aliphatic rings. The second-order valence-electron chi connectivity index (χ2n) is 4.22. The minimum absolute atomic E-state index is 0.279. The lowest BCUT2D eigenvalue weighted by Crippen LogP contribution is -2.22. The molecule has 3 aromatic rings. The molecule has 0 aliphatic carbocycles. The standard InChI is InChI=1S/C12H9F3N4O2/c1-2-18-8-5-6(13)3-4-7(8)19(12(18)20)11-17-16-10(21-11)9(14)15/h3-5,9H,2H2,1H3. The highest BCUT2D eigenvalue weighted by Crippen LogP contribution is 2.21. The molecule has 2 heterocycles. The summed E-state index contributed by atoms with van der Waals surface area (Å²) < 4.78 is 45.4. The average molecular weight is 298 g/mol. The molecule has 3 rings (SSSR count). The van der Waals surface area contributed by atoms with Gasteiger partial charge in [0.1, 0.15) is 5.82 Å². The third-order valence-corrected chi connectivity index (χ3v) is 3.02. The predicted octanol–water partition coefficient (Wildman–Crippen LogP) is 2.27. The van der Waals surface area contributed by atoms with Crippen LogP contribution in [-0.2, 0) is 6.54 Å². The zero-order valence-electron chi connectivity index (χ0n) is 10.8. The molecule has 1 aromatic carbocycles. The molecule has 2 aromatic heterocycles. The van der Waals surface area contributed by atoms with Crippen LogP contribution in [0.1, 0.15) is 19.2 Å². The number of benzene rings is 1. The molecule has 21 heavy (non-hydrogen) atoms. The number of hydrogen-bond donors (Lipinski definition) is 0. The van der Waals surface area contributed by atoms with E-state index in [-0.39, 0.29) is 12.6 Å². The van der Waals surface area contributed by atoms with Gasteiger partial charge >= 0.3 is 18.1 Å². The van der Waals surface area contributed by atoms with Gasteiger partial charge in [-0.05, 0) is 25.1 Å². The van der Waals surface area contributed by atoms with Crippen LogP contribution in [-0.4, -0.2) is 19.3 Å². The molecule has 0 amide bonds. The van der Waals surface area contributed by atoms with Crippen LogP contribution in [0.25, 0.3) is 17.0 Å². The molecule has 9 heteroatoms. The van der Waals surface area contributed by atoms with Crippen LogP contribution < -0.4 is 5.69 Å². The fourth-order valence-corrected chi connectivity index (χ4v) is 2.12. The van der Waals surface area contributed by atoms with Gasteiger partial charge in [0, 0.05) is 6.54 Å². The lowest BCUT2D eigenvalue weighted by atomic mass is 10.3. The van der Waals surface area contributed by atoms with E-state index < -0.39 is 23.8 Å². The number of aromatic nitrogens is 4. The van der Waals surface area contributed by atoms with Crippen molar-refractivity contribution >= 4 is 11.0 Å². The topological polar surface area (TPSA) is 65.8 Å². The number of halogens is 3. The van der Waals surface area contributed by atoms with Gasteiger partial charge in [-0.1, -0.05) is 5.10 Å². The number of hydrogen-bond acceptors (Lipinski definition) is 4. The third kappa shape index (κ3) is 2.01. The zero-order valence-corrected chi connectivity index (χ0v) is 10.8. The molecule has 0 N–H and O–H groups in total. The molecule has 0 saturated carbocycles. The summed E-state index contributed by atoms with van der Waals surface area (Å²) in [7, 11) is 0. The van der Waals surface area contributed by atoms with Crippen molar-refractivity contribution in [1.82, 2.24) is 19.3 Å². The van der Waals surface area contributed by atoms with E-state index in [0.717, 1.165) is 10.6 Å². The molecular weight excluding hydrogens is 289 g/mol. The van der Waals surface area contributed by atoms with Crippen LogP contribution in [0.2, 0.25) is 0 Å². The number of imidazole rings is 1. The Balaban J connectivity index is 2.31. The maximum atomic E-state index is 13.3. The summed E-state index contributed by atoms with van der Waals surface area (Å²) in [6.45, 7) is 1.98. The lowest BCUT2D eigenvalue weighted by Gasteiger charge is -1.96. The number of rotatable bonds is 3. The highest BCUT2D eigenvalue weighted by Gasteiger charge is 2.21. The Morgan fingerprint density at radius 2 is 2.05 bits per heavy atom. The molecule has 6 nitrogen and oxygen atoms in total. The molecule has 0 spiro atoms. The van der Waals surface area contributed by atoms with E-state index in [9.17, 15) is 18.0 Å². The Hall–Kier alpha value is -2.58. The fraction of sp³-hybridized carbons (Fsp3) is 0.250. The first-order valence-electron chi connectivity index (χ1n) is 6.05. The summed E-state index contributed by atoms with van der Waals surface area (Å²) in [5.41, 5.74) is 0.0505. The zero-order chi connectivity index (χ0) is 15.1. The monoisotopic (exact) mass is 298 g/mol. The maximum absolute atomic E-state index is 13.3. The molecule has 0 fully saturated rings. The van der Waals surface area contributed by atoms with Gasteiger partial charge in [0.2, 0.25) is 0 Å². The molecule has 0 aliphatic heterocycles. The van der Waals surface area contributed by atoms with Crippen LogP contribution in [0.3, 0.4) is 0 Å². The van der Waals surface area contributed by atoms with E-state index in [1.807, 2.05) is 0 Å². The van der Waals surface area contributed by atoms with Crippen molar-refractivity contribution in [3.8, 4) is 6.01 Å². The van der Waals surface area contributed by atoms with E-state index in [0.29, 0.717) is 11.0 Å². The highest BCUT2D eigenvalue weighted by atomic mass is 19.3. The lowest BCUT2D eigenvalue weighted by molar-refractivity contribution is 0.115. The number of nitrogens with zero attached hydrogens (tertiary/aromatic N) is 4. The first kappa shape index (κ1) is 13.4. The SMILES string of the molecule is CCn1c(=O)n(-c2nnc(C(F)F)o2)c2ccc(F)cc21. The van der Waals surface area contributed by atoms with E-state index in [1.165, 1.54) is 16.7 Å². The van der Waals surface area contributed by atoms with Gasteiger partial charge in [0.05, 0.1) is 11.0 Å². The van der Waals surface area contributed by atoms with E-state index in [4.69, 9.17) is 4.42 Å². The van der Waals surface area contributed by atoms with E-state index in [1.54, 1.807) is 6.92 Å². The molecule has 0 atom stereocenters. The Morgan fingerprint density at radius 3 is 2.67 bits per heavy atom. The van der Waals surface area contributed by atoms with Crippen molar-refractivity contribution < 1.29 is 17.6 Å². The molecule has 0 bridgehead atoms. The number of aryl methyl sites for hydroxylation is 1. The Kier molecular flexibility index (Phi) is 3.04. The van der Waals surface area contributed by atoms with Crippen LogP contribution in [0.15, 0.2) is 27.4 Å². The minimum Gasteiger partial charge on any atom is -0.401 e. The van der Waals surface area contributed by atoms with Crippen molar-refractivity contribution in [3.63, 3.8) is 0 Å². The van der Waals surface area contributed by atoms with Crippen LogP contribution in [0.5, 0.6) is 0 Å². The summed E-state index contributed by atoms with van der Waals surface area (Å²) >= 11 is 0. The summed E-state index contributed by atoms with van der Waals surface area (Å²) in [5, 5.41) is 6.63. The molecule has 110 valence electrons. The summed E-state index contributed by atoms with van der Waals surface area (Å²) in [6.07, 6.45) is -2.93. The fourth-order valence-electron chi connectivity index (χ4n) is 2.12. The Labute approximate surface area is 115 Å². The smallest absolute Gasteiger partial charge is 0.337 e. The maximum Gasteiger partial charge on any atom is 0.337 e. The van der Waals surface area contributed by atoms with E-state index in [2.05, 4.69) is 10.2 Å². The van der Waals surface area contributed by atoms with Gasteiger partial charge in [0.25, 0.3) is 5.89 Å². The summed E-state index contributed by atoms with van der Waals surface area (Å²) in [4.78, 5) is 12.3. The first-order valence-corrected chi connectivity index (χ1v) is 6.05. The summed E-state index contributed by atoms with van der Waals surface area (Å²) in [5.74, 6) is -1.39. The van der Waals surface area contributed by atoms with Crippen molar-refractivity contribution in [3.05, 3.63) is 40.4 Å². The molecule has 0 unspecified atom stereocenters. The van der Waals surface area contributed by atoms with Crippen molar-refractivity contribution in [2.75, 3.05) is 0 Å². The van der Waals surface area contributed by atoms with Gasteiger partial charge in [0.15, 0.2) is 0 Å². The van der Waals surface area contributed by atoms with Crippen molar-refractivity contribution in [2.24, 2.45) is 0 Å². The highest BCUT2D eigenvalue weighted by molar-refractivity contribution is 5.77. The molecular formula is C12H9F3N4O2. The largest absolute Gasteiger partial charge is 0.401 e. The second kappa shape index (κ2) is 4.76. The molecule has 0 saturated heterocycles. The van der Waals surface area contributed by atoms with E-state index >= 15 is 0 Å². The minimum atomic E-state index is -2.93. The molecule has 0 radical (unpaired) electrons. The van der Waals surface area contributed by atoms with Crippen LogP contribution >= 0.6 is 0 Å². The summed E-state index contributed by atoms with van der Waals surface area (Å²) in [6, 6.07) is 3.31. The predicted molar refractivity (Wildman–Crippen MR) is 66.0 cm³/mol. The average Bonchev–Trinajstić information content (AvgIpc) is 3.00. The van der Waals surface area contributed by atoms with Crippen molar-refractivity contribution in [2.45, 2.75) is 19.9 Å². The van der Waals surface area contributed by atoms with Crippen LogP contribution in [0, 0.1) is 5.82 Å². The van der Waals surface area contributed by atoms with Gasteiger partial charge in [-0.2, -0.15) is 8.78 Å². The van der Waals surface area contributed by atoms with Crippen LogP contribution in [0.4, 0.5) is 13.2 Å². The quantitative estimate of drug-likeness (QED) is 0.744. The van der Waals surface area contributed by atoms with Gasteiger partial charge in [-0.15, -0.1) is 5.10 Å². The first-order chi connectivity index (χ1) is 10.0. The second-order valence-corrected chi connectivity index (χ2v) is 4.22. The van der Waals surface area contributed by atoms with Gasteiger partial charge < -0.3 is 4.42 Å². The van der Waals surface area contributed by atoms with Gasteiger partial charge in [-0.25, -0.2) is 13.8 Å². The number of fused-ring (bicyclic) bond motifs is 1.